The van der Waals surface area contributed by atoms with E-state index in [2.05, 4.69) is 38.2 Å². The zero-order chi connectivity index (χ0) is 61.9. The molecule has 9 heteroatoms. The maximum absolute atomic E-state index is 12.9. The van der Waals surface area contributed by atoms with Crippen molar-refractivity contribution in [2.75, 3.05) is 47.5 Å². The van der Waals surface area contributed by atoms with E-state index in [9.17, 15) is 19.5 Å². The van der Waals surface area contributed by atoms with Crippen LogP contribution in [-0.4, -0.2) is 82.3 Å². The second-order valence-electron chi connectivity index (χ2n) is 27.0. The Morgan fingerprint density at radius 2 is 0.635 bits per heavy atom. The fourth-order valence-corrected chi connectivity index (χ4v) is 11.5. The van der Waals surface area contributed by atoms with Crippen LogP contribution in [0.15, 0.2) is 24.3 Å². The fourth-order valence-electron chi connectivity index (χ4n) is 11.5. The van der Waals surface area contributed by atoms with Gasteiger partial charge in [-0.3, -0.25) is 9.59 Å². The first-order valence-corrected chi connectivity index (χ1v) is 37.5. The molecule has 0 bridgehead atoms. The van der Waals surface area contributed by atoms with Gasteiger partial charge in [0.05, 0.1) is 40.3 Å². The number of hydrogen-bond acceptors (Lipinski definition) is 8. The first-order chi connectivity index (χ1) is 41.6. The highest BCUT2D eigenvalue weighted by molar-refractivity contribution is 5.70. The first-order valence-electron chi connectivity index (χ1n) is 37.5. The van der Waals surface area contributed by atoms with Gasteiger partial charge in [-0.15, -0.1) is 0 Å². The molecule has 85 heavy (non-hydrogen) atoms. The number of carbonyl (C=O) groups excluding carboxylic acids is 3. The number of aliphatic carboxylic acids is 1. The molecule has 502 valence electrons. The molecule has 0 radical (unpaired) electrons. The van der Waals surface area contributed by atoms with Gasteiger partial charge in [-0.25, -0.2) is 0 Å². The Bertz CT molecular complexity index is 1440. The van der Waals surface area contributed by atoms with Gasteiger partial charge in [0.1, 0.15) is 13.2 Å². The molecule has 0 aromatic heterocycles. The van der Waals surface area contributed by atoms with E-state index in [1.807, 2.05) is 21.1 Å². The Hall–Kier alpha value is -2.23. The molecular weight excluding hydrogens is 1050 g/mol. The second-order valence-corrected chi connectivity index (χ2v) is 27.0. The van der Waals surface area contributed by atoms with Crippen LogP contribution >= 0.6 is 0 Å². The zero-order valence-electron chi connectivity index (χ0n) is 57.5. The number of unbranched alkanes of at least 4 members (excludes halogenated alkanes) is 52. The highest BCUT2D eigenvalue weighted by Gasteiger charge is 2.22. The van der Waals surface area contributed by atoms with Crippen LogP contribution in [0.2, 0.25) is 0 Å². The minimum Gasteiger partial charge on any atom is -0.545 e. The van der Waals surface area contributed by atoms with E-state index < -0.39 is 24.3 Å². The molecule has 0 saturated carbocycles. The number of nitrogens with zero attached hydrogens (tertiary/aromatic N) is 1. The van der Waals surface area contributed by atoms with Gasteiger partial charge in [0.2, 0.25) is 0 Å². The molecule has 2 atom stereocenters. The van der Waals surface area contributed by atoms with Crippen molar-refractivity contribution >= 4 is 17.9 Å². The zero-order valence-corrected chi connectivity index (χ0v) is 57.5. The van der Waals surface area contributed by atoms with Gasteiger partial charge < -0.3 is 33.3 Å². The molecule has 0 aliphatic carbocycles. The largest absolute Gasteiger partial charge is 0.545 e. The Morgan fingerprint density at radius 1 is 0.353 bits per heavy atom. The fraction of sp³-hybridized carbons (Fsp3) is 0.908. The van der Waals surface area contributed by atoms with E-state index in [0.717, 1.165) is 44.9 Å². The summed E-state index contributed by atoms with van der Waals surface area (Å²) in [6.45, 7) is 4.82. The molecule has 0 spiro atoms. The molecular formula is C76H145NO8. The molecule has 0 heterocycles. The number of carboxylic acid groups (broad SMARTS) is 1. The molecule has 2 unspecified atom stereocenters. The number of ether oxygens (including phenoxy) is 4. The van der Waals surface area contributed by atoms with Crippen LogP contribution in [0.25, 0.3) is 0 Å². The van der Waals surface area contributed by atoms with Crippen LogP contribution in [0.1, 0.15) is 386 Å². The average Bonchev–Trinajstić information content (AvgIpc) is 3.48. The van der Waals surface area contributed by atoms with Crippen molar-refractivity contribution in [1.82, 2.24) is 0 Å². The number of carboxylic acids is 1. The topological polar surface area (TPSA) is 111 Å². The third-order valence-corrected chi connectivity index (χ3v) is 17.2. The Balaban J connectivity index is 3.99. The summed E-state index contributed by atoms with van der Waals surface area (Å²) < 4.78 is 22.9. The van der Waals surface area contributed by atoms with Crippen molar-refractivity contribution in [2.24, 2.45) is 0 Å². The van der Waals surface area contributed by atoms with Gasteiger partial charge in [0, 0.05) is 12.8 Å². The van der Waals surface area contributed by atoms with Gasteiger partial charge in [-0.1, -0.05) is 353 Å². The molecule has 0 amide bonds. The molecule has 0 aromatic carbocycles. The first kappa shape index (κ1) is 82.8. The van der Waals surface area contributed by atoms with Crippen LogP contribution in [0.4, 0.5) is 0 Å². The summed E-state index contributed by atoms with van der Waals surface area (Å²) in [4.78, 5) is 37.5. The van der Waals surface area contributed by atoms with Crippen LogP contribution in [-0.2, 0) is 33.3 Å². The number of esters is 2. The second kappa shape index (κ2) is 67.7. The predicted molar refractivity (Wildman–Crippen MR) is 362 cm³/mol. The maximum atomic E-state index is 12.9. The monoisotopic (exact) mass is 1200 g/mol. The Labute approximate surface area is 528 Å². The molecule has 0 rings (SSSR count). The summed E-state index contributed by atoms with van der Waals surface area (Å²) in [5, 5.41) is 11.8. The molecule has 0 aliphatic rings. The number of likely N-dealkylation sites (N-methyl/N-ethyl adjacent to an activating group) is 1. The van der Waals surface area contributed by atoms with Crippen LogP contribution < -0.4 is 5.11 Å². The summed E-state index contributed by atoms with van der Waals surface area (Å²) in [5.74, 6) is -2.25. The molecule has 9 nitrogen and oxygen atoms in total. The molecule has 0 aromatic rings. The Morgan fingerprint density at radius 3 is 0.929 bits per heavy atom. The highest BCUT2D eigenvalue weighted by Crippen LogP contribution is 2.19. The van der Waals surface area contributed by atoms with Gasteiger partial charge >= 0.3 is 11.9 Å². The van der Waals surface area contributed by atoms with E-state index in [-0.39, 0.29) is 32.2 Å². The van der Waals surface area contributed by atoms with Gasteiger partial charge in [0.25, 0.3) is 0 Å². The molecule has 0 aliphatic heterocycles. The number of quaternary nitrogens is 1. The van der Waals surface area contributed by atoms with Crippen LogP contribution in [0.5, 0.6) is 0 Å². The minimum absolute atomic E-state index is 0.152. The molecule has 0 saturated heterocycles. The lowest BCUT2D eigenvalue weighted by Crippen LogP contribution is -2.44. The number of carbonyl (C=O) groups is 3. The van der Waals surface area contributed by atoms with Crippen molar-refractivity contribution in [3.05, 3.63) is 24.3 Å². The molecule has 0 fully saturated rings. The number of hydrogen-bond donors (Lipinski definition) is 0. The Kier molecular flexibility index (Phi) is 65.9. The van der Waals surface area contributed by atoms with E-state index in [1.54, 1.807) is 0 Å². The third-order valence-electron chi connectivity index (χ3n) is 17.2. The van der Waals surface area contributed by atoms with Gasteiger partial charge in [0.15, 0.2) is 12.4 Å². The van der Waals surface area contributed by atoms with E-state index in [0.29, 0.717) is 17.4 Å². The lowest BCUT2D eigenvalue weighted by Gasteiger charge is -2.26. The van der Waals surface area contributed by atoms with Crippen molar-refractivity contribution in [3.8, 4) is 0 Å². The van der Waals surface area contributed by atoms with Crippen LogP contribution in [0, 0.1) is 0 Å². The van der Waals surface area contributed by atoms with Crippen molar-refractivity contribution in [3.63, 3.8) is 0 Å². The quantitative estimate of drug-likeness (QED) is 0.0195. The van der Waals surface area contributed by atoms with Gasteiger partial charge in [-0.2, -0.15) is 0 Å². The van der Waals surface area contributed by atoms with Crippen molar-refractivity contribution in [2.45, 2.75) is 399 Å². The van der Waals surface area contributed by atoms with E-state index >= 15 is 0 Å². The SMILES string of the molecule is CCCCCCC/C=C\C/C=C\CCCCCCCCCCCCCCCCCCCCCCCCCC(=O)OC(COC(=O)CCCCCCCCCCCCCCCCCCCCCCCCCCC)COC(OCC[N+](C)(C)C)C(=O)[O-]. The third kappa shape index (κ3) is 69.1. The molecule has 0 N–H and O–H groups in total. The number of rotatable bonds is 71. The highest BCUT2D eigenvalue weighted by atomic mass is 16.7. The predicted octanol–water partition coefficient (Wildman–Crippen LogP) is 22.0. The van der Waals surface area contributed by atoms with Crippen LogP contribution in [0.3, 0.4) is 0 Å². The van der Waals surface area contributed by atoms with Crippen molar-refractivity contribution in [1.29, 1.82) is 0 Å². The summed E-state index contributed by atoms with van der Waals surface area (Å²) in [6.07, 6.45) is 81.4. The van der Waals surface area contributed by atoms with E-state index in [1.165, 1.54) is 315 Å². The van der Waals surface area contributed by atoms with Crippen molar-refractivity contribution < 1.29 is 42.9 Å². The average molecular weight is 1200 g/mol. The summed E-state index contributed by atoms with van der Waals surface area (Å²) in [6, 6.07) is 0. The normalized spacial score (nSPS) is 12.7. The van der Waals surface area contributed by atoms with E-state index in [4.69, 9.17) is 18.9 Å². The summed E-state index contributed by atoms with van der Waals surface area (Å²) >= 11 is 0. The lowest BCUT2D eigenvalue weighted by molar-refractivity contribution is -0.870. The summed E-state index contributed by atoms with van der Waals surface area (Å²) in [5.41, 5.74) is 0. The minimum atomic E-state index is -1.62. The lowest BCUT2D eigenvalue weighted by atomic mass is 10.0. The number of allylic oxidation sites excluding steroid dienone is 4. The summed E-state index contributed by atoms with van der Waals surface area (Å²) in [7, 11) is 5.95. The van der Waals surface area contributed by atoms with Gasteiger partial charge in [-0.05, 0) is 44.9 Å². The maximum Gasteiger partial charge on any atom is 0.306 e. The standard InChI is InChI=1S/C76H145NO8/c1-6-8-10-12-14-16-18-20-22-24-26-28-30-32-33-34-35-36-37-38-39-40-41-43-45-47-49-51-53-55-57-59-61-63-65-67-74(79)85-72(71-84-76(75(80)81)82-69-68-77(3,4)5)70-83-73(78)66-64-62-60-58-56-54-52-50-48-46-44-42-31-29-27-25-23-21-19-17-15-13-11-9-7-2/h18,20,24,26,72,76H,6-17,19,21-23,25,27-71H2,1-5H3/b20-18-,26-24-. The smallest absolute Gasteiger partial charge is 0.306 e.